The Morgan fingerprint density at radius 3 is 2.62 bits per heavy atom. The van der Waals surface area contributed by atoms with Gasteiger partial charge < -0.3 is 41.0 Å². The first-order valence-electron chi connectivity index (χ1n) is 22.5. The number of ether oxygens (including phenoxy) is 1. The number of rotatable bonds is 9. The van der Waals surface area contributed by atoms with E-state index in [0.29, 0.717) is 25.8 Å². The Hall–Kier alpha value is -3.78. The highest BCUT2D eigenvalue weighted by Crippen LogP contribution is 2.67. The molecule has 11 atom stereocenters. The fraction of sp³-hybridized carbons (Fsp3) is 0.625. The van der Waals surface area contributed by atoms with Crippen molar-refractivity contribution < 1.29 is 29.6 Å². The Balaban J connectivity index is 1.19. The number of carbonyl (C=O) groups excluding carboxylic acids is 2. The van der Waals surface area contributed by atoms with Crippen molar-refractivity contribution in [2.24, 2.45) is 17.1 Å². The number of fused-ring (bicyclic) bond motifs is 6. The summed E-state index contributed by atoms with van der Waals surface area (Å²) in [6.45, 7) is 14.6. The average molecular weight is 823 g/mol. The molecule has 1 amide bonds. The zero-order chi connectivity index (χ0) is 42.6. The summed E-state index contributed by atoms with van der Waals surface area (Å²) in [4.78, 5) is 37.8. The molecule has 9 rings (SSSR count). The molecule has 3 fully saturated rings. The van der Waals surface area contributed by atoms with Crippen LogP contribution in [0.5, 0.6) is 0 Å². The molecule has 3 aromatic rings. The van der Waals surface area contributed by atoms with Crippen LogP contribution in [-0.4, -0.2) is 130 Å². The van der Waals surface area contributed by atoms with E-state index in [1.165, 1.54) is 22.2 Å². The van der Waals surface area contributed by atoms with E-state index < -0.39 is 57.5 Å². The third kappa shape index (κ3) is 5.84. The van der Waals surface area contributed by atoms with Gasteiger partial charge in [-0.25, -0.2) is 0 Å². The number of H-pyrrole nitrogens is 1. The summed E-state index contributed by atoms with van der Waals surface area (Å²) in [6.07, 6.45) is 7.59. The number of anilines is 1. The maximum Gasteiger partial charge on any atom is 0.322 e. The van der Waals surface area contributed by atoms with Crippen molar-refractivity contribution in [3.63, 3.8) is 0 Å². The lowest BCUT2D eigenvalue weighted by Crippen LogP contribution is -2.81. The monoisotopic (exact) mass is 823 g/mol. The number of nitrogens with one attached hydrogen (secondary N) is 2. The van der Waals surface area contributed by atoms with Crippen LogP contribution in [0.25, 0.3) is 10.9 Å². The quantitative estimate of drug-likeness (QED) is 0.106. The molecule has 60 heavy (non-hydrogen) atoms. The van der Waals surface area contributed by atoms with Crippen LogP contribution in [0.3, 0.4) is 0 Å². The van der Waals surface area contributed by atoms with Gasteiger partial charge in [0.25, 0.3) is 5.91 Å². The van der Waals surface area contributed by atoms with Gasteiger partial charge in [-0.1, -0.05) is 50.3 Å². The third-order valence-electron chi connectivity index (χ3n) is 16.3. The minimum Gasteiger partial charge on any atom is -0.464 e. The van der Waals surface area contributed by atoms with Gasteiger partial charge >= 0.3 is 5.97 Å². The van der Waals surface area contributed by atoms with Crippen molar-refractivity contribution in [1.82, 2.24) is 20.1 Å². The van der Waals surface area contributed by atoms with E-state index in [1.807, 2.05) is 7.05 Å². The van der Waals surface area contributed by atoms with Crippen molar-refractivity contribution in [2.75, 3.05) is 57.8 Å². The summed E-state index contributed by atoms with van der Waals surface area (Å²) in [6, 6.07) is 11.7. The number of esters is 1. The highest BCUT2D eigenvalue weighted by Gasteiger charge is 2.78. The first-order chi connectivity index (χ1) is 28.6. The van der Waals surface area contributed by atoms with Crippen molar-refractivity contribution >= 4 is 28.5 Å². The SMILES string of the molecule is CCC1(O)C[C@H]2CN(CCc3c([nH]c4ccccc34)[C@@](C)(c3cc4c(cc3C)N(C)C3C45CCN4CC=C[C@](CC)(C45)[C@@H](O)[C@]3(O)C(=O)NCCCOC(=O)C(C)N)C2)C1. The van der Waals surface area contributed by atoms with Gasteiger partial charge in [0.15, 0.2) is 5.60 Å². The van der Waals surface area contributed by atoms with Gasteiger partial charge in [0.05, 0.1) is 18.2 Å². The number of nitrogens with zero attached hydrogens (tertiary/aromatic N) is 3. The number of para-hydroxylation sites is 1. The molecule has 12 heteroatoms. The van der Waals surface area contributed by atoms with Gasteiger partial charge in [-0.2, -0.15) is 0 Å². The molecule has 6 unspecified atom stereocenters. The summed E-state index contributed by atoms with van der Waals surface area (Å²) in [5.74, 6) is -0.871. The number of hydrogen-bond acceptors (Lipinski definition) is 10. The number of aliphatic hydroxyl groups excluding tert-OH is 1. The second-order valence-corrected chi connectivity index (χ2v) is 19.7. The molecule has 6 aliphatic rings. The number of aromatic amines is 1. The van der Waals surface area contributed by atoms with E-state index in [9.17, 15) is 24.9 Å². The number of amides is 1. The fourth-order valence-electron chi connectivity index (χ4n) is 13.7. The van der Waals surface area contributed by atoms with Gasteiger partial charge in [0, 0.05) is 84.3 Å². The summed E-state index contributed by atoms with van der Waals surface area (Å²) >= 11 is 0. The van der Waals surface area contributed by atoms with Gasteiger partial charge in [0.2, 0.25) is 0 Å². The predicted molar refractivity (Wildman–Crippen MR) is 233 cm³/mol. The molecule has 7 N–H and O–H groups in total. The minimum atomic E-state index is -2.18. The van der Waals surface area contributed by atoms with E-state index in [4.69, 9.17) is 10.5 Å². The first kappa shape index (κ1) is 41.6. The Morgan fingerprint density at radius 2 is 1.87 bits per heavy atom. The van der Waals surface area contributed by atoms with Gasteiger partial charge in [-0.15, -0.1) is 0 Å². The fourth-order valence-corrected chi connectivity index (χ4v) is 13.7. The molecular weight excluding hydrogens is 757 g/mol. The molecule has 1 saturated carbocycles. The summed E-state index contributed by atoms with van der Waals surface area (Å²) in [5.41, 5.74) is 8.86. The van der Waals surface area contributed by atoms with Crippen LogP contribution in [-0.2, 0) is 31.6 Å². The van der Waals surface area contributed by atoms with E-state index in [-0.39, 0.29) is 25.1 Å². The number of hydrogen-bond donors (Lipinski definition) is 6. The zero-order valence-corrected chi connectivity index (χ0v) is 36.4. The van der Waals surface area contributed by atoms with Crippen molar-refractivity contribution in [1.29, 1.82) is 0 Å². The molecule has 0 radical (unpaired) electrons. The lowest BCUT2D eigenvalue weighted by atomic mass is 9.47. The zero-order valence-electron chi connectivity index (χ0n) is 36.4. The van der Waals surface area contributed by atoms with Crippen LogP contribution in [0.1, 0.15) is 94.2 Å². The van der Waals surface area contributed by atoms with Crippen LogP contribution < -0.4 is 16.0 Å². The van der Waals surface area contributed by atoms with Gasteiger partial charge in [-0.3, -0.25) is 19.4 Å². The van der Waals surface area contributed by atoms with Crippen LogP contribution in [0, 0.1) is 18.3 Å². The Kier molecular flexibility index (Phi) is 10.2. The van der Waals surface area contributed by atoms with E-state index in [0.717, 1.165) is 74.2 Å². The summed E-state index contributed by atoms with van der Waals surface area (Å²) < 4.78 is 5.26. The lowest BCUT2D eigenvalue weighted by Gasteiger charge is -2.63. The van der Waals surface area contributed by atoms with E-state index in [1.54, 1.807) is 6.92 Å². The maximum absolute atomic E-state index is 14.8. The molecule has 1 aromatic heterocycles. The van der Waals surface area contributed by atoms with Crippen molar-refractivity contribution in [3.8, 4) is 0 Å². The molecule has 5 aliphatic heterocycles. The highest BCUT2D eigenvalue weighted by molar-refractivity contribution is 5.91. The molecule has 2 saturated heterocycles. The number of aryl methyl sites for hydroxylation is 1. The van der Waals surface area contributed by atoms with E-state index >= 15 is 0 Å². The van der Waals surface area contributed by atoms with Crippen molar-refractivity contribution in [3.05, 3.63) is 76.5 Å². The Morgan fingerprint density at radius 1 is 1.08 bits per heavy atom. The number of carbonyl (C=O) groups is 2. The van der Waals surface area contributed by atoms with Crippen LogP contribution in [0.4, 0.5) is 5.69 Å². The molecule has 324 valence electrons. The Labute approximate surface area is 354 Å². The lowest BCUT2D eigenvalue weighted by molar-refractivity contribution is -0.203. The Bertz CT molecular complexity index is 2220. The number of piperidine rings is 1. The second-order valence-electron chi connectivity index (χ2n) is 19.7. The third-order valence-corrected chi connectivity index (χ3v) is 16.3. The highest BCUT2D eigenvalue weighted by atomic mass is 16.5. The number of aromatic nitrogens is 1. The summed E-state index contributed by atoms with van der Waals surface area (Å²) in [7, 11) is 1.98. The molecule has 1 spiro atoms. The summed E-state index contributed by atoms with van der Waals surface area (Å²) in [5, 5.41) is 42.2. The van der Waals surface area contributed by atoms with Crippen LogP contribution in [0.15, 0.2) is 48.6 Å². The van der Waals surface area contributed by atoms with Gasteiger partial charge in [0.1, 0.15) is 12.1 Å². The first-order valence-corrected chi connectivity index (χ1v) is 22.5. The maximum atomic E-state index is 14.8. The minimum absolute atomic E-state index is 0.0779. The molecule has 1 aliphatic carbocycles. The van der Waals surface area contributed by atoms with Crippen LogP contribution in [0.2, 0.25) is 0 Å². The number of aliphatic hydroxyl groups is 3. The molecule has 6 heterocycles. The standard InChI is InChI=1S/C48H66N6O6/c1-7-45(58)26-31-25-44(5,38-33(15-20-53(27-31)28-45)32-13-9-10-14-36(32)51-38)34-24-35-37(23-29(34)3)52(6)41-47(35)17-21-54-19-11-16-46(8-2,40(47)54)42(56)48(41,59)43(57)50-18-12-22-60-39(55)30(4)49/h9-11,13-14,16,23-24,30-31,40-42,51,56,58-59H,7-8,12,15,17-22,25-28,49H2,1-6H3,(H,50,57)/t30?,31-,40?,41?,42+,44+,45?,46+,47?,48-/m0/s1. The molecule has 2 aromatic carbocycles. The predicted octanol–water partition coefficient (Wildman–Crippen LogP) is 3.79. The molecular formula is C48H66N6O6. The topological polar surface area (TPSA) is 168 Å². The normalized spacial score (nSPS) is 37.3. The number of likely N-dealkylation sites (N-methyl/N-ethyl adjacent to an activating group) is 1. The molecule has 2 bridgehead atoms. The largest absolute Gasteiger partial charge is 0.464 e. The van der Waals surface area contributed by atoms with Crippen LogP contribution >= 0.6 is 0 Å². The van der Waals surface area contributed by atoms with Crippen molar-refractivity contribution in [2.45, 2.75) is 126 Å². The smallest absolute Gasteiger partial charge is 0.322 e. The number of benzene rings is 2. The van der Waals surface area contributed by atoms with Gasteiger partial charge in [-0.05, 0) is 113 Å². The second kappa shape index (κ2) is 14.7. The molecule has 12 nitrogen and oxygen atoms in total. The van der Waals surface area contributed by atoms with E-state index in [2.05, 4.69) is 101 Å². The average Bonchev–Trinajstić information content (AvgIpc) is 3.89. The number of nitrogens with two attached hydrogens (primary N) is 1.